The van der Waals surface area contributed by atoms with E-state index in [1.807, 2.05) is 18.2 Å². The van der Waals surface area contributed by atoms with Gasteiger partial charge in [-0.05, 0) is 30.3 Å². The van der Waals surface area contributed by atoms with Crippen LogP contribution in [0.15, 0.2) is 22.7 Å². The second-order valence-electron chi connectivity index (χ2n) is 3.21. The summed E-state index contributed by atoms with van der Waals surface area (Å²) >= 11 is 3.40. The van der Waals surface area contributed by atoms with E-state index in [0.717, 1.165) is 15.8 Å². The molecule has 0 amide bonds. The zero-order valence-corrected chi connectivity index (χ0v) is 10.2. The van der Waals surface area contributed by atoms with Crippen molar-refractivity contribution in [3.63, 3.8) is 0 Å². The molecule has 0 atom stereocenters. The smallest absolute Gasteiger partial charge is 0.138 e. The van der Waals surface area contributed by atoms with Gasteiger partial charge in [0.2, 0.25) is 0 Å². The van der Waals surface area contributed by atoms with Gasteiger partial charge in [0.15, 0.2) is 0 Å². The molecule has 0 unspecified atom stereocenters. The third kappa shape index (κ3) is 3.64. The molecular weight excluding hydrogens is 258 g/mol. The molecule has 0 fully saturated rings. The van der Waals surface area contributed by atoms with E-state index in [2.05, 4.69) is 15.9 Å². The van der Waals surface area contributed by atoms with Crippen LogP contribution < -0.4 is 10.5 Å². The second-order valence-corrected chi connectivity index (χ2v) is 4.07. The molecular formula is C11H14BrNO2. The van der Waals surface area contributed by atoms with Gasteiger partial charge >= 0.3 is 0 Å². The maximum absolute atomic E-state index is 11.4. The summed E-state index contributed by atoms with van der Waals surface area (Å²) < 4.78 is 6.02. The van der Waals surface area contributed by atoms with E-state index in [1.165, 1.54) is 0 Å². The summed E-state index contributed by atoms with van der Waals surface area (Å²) in [5.74, 6) is 0.903. The van der Waals surface area contributed by atoms with Gasteiger partial charge in [0, 0.05) is 17.3 Å². The quantitative estimate of drug-likeness (QED) is 0.890. The molecule has 1 aromatic carbocycles. The van der Waals surface area contributed by atoms with Crippen LogP contribution in [0.4, 0.5) is 0 Å². The zero-order chi connectivity index (χ0) is 11.3. The van der Waals surface area contributed by atoms with Crippen molar-refractivity contribution in [1.29, 1.82) is 0 Å². The van der Waals surface area contributed by atoms with Crippen LogP contribution >= 0.6 is 15.9 Å². The fraction of sp³-hybridized carbons (Fsp3) is 0.364. The number of halogens is 1. The Bertz CT molecular complexity index is 352. The lowest BCUT2D eigenvalue weighted by molar-refractivity contribution is -0.118. The molecule has 0 heterocycles. The SMILES string of the molecule is COc1ccc(Br)c(CC(=O)CCN)c1. The highest BCUT2D eigenvalue weighted by atomic mass is 79.9. The average Bonchev–Trinajstić information content (AvgIpc) is 2.21. The van der Waals surface area contributed by atoms with E-state index in [-0.39, 0.29) is 5.78 Å². The van der Waals surface area contributed by atoms with Gasteiger partial charge in [-0.1, -0.05) is 15.9 Å². The standard InChI is InChI=1S/C11H14BrNO2/c1-15-10-2-3-11(12)8(7-10)6-9(14)4-5-13/h2-3,7H,4-6,13H2,1H3. The molecule has 1 rings (SSSR count). The van der Waals surface area contributed by atoms with E-state index in [0.29, 0.717) is 19.4 Å². The van der Waals surface area contributed by atoms with Crippen molar-refractivity contribution in [3.05, 3.63) is 28.2 Å². The van der Waals surface area contributed by atoms with Crippen LogP contribution in [0.5, 0.6) is 5.75 Å². The van der Waals surface area contributed by atoms with E-state index in [1.54, 1.807) is 7.11 Å². The molecule has 2 N–H and O–H groups in total. The molecule has 0 aliphatic rings. The number of ketones is 1. The van der Waals surface area contributed by atoms with Gasteiger partial charge in [-0.15, -0.1) is 0 Å². The van der Waals surface area contributed by atoms with Gasteiger partial charge < -0.3 is 10.5 Å². The maximum atomic E-state index is 11.4. The van der Waals surface area contributed by atoms with Crippen LogP contribution in [0.1, 0.15) is 12.0 Å². The highest BCUT2D eigenvalue weighted by molar-refractivity contribution is 9.10. The van der Waals surface area contributed by atoms with Crippen molar-refractivity contribution in [2.75, 3.05) is 13.7 Å². The van der Waals surface area contributed by atoms with Gasteiger partial charge in [0.1, 0.15) is 11.5 Å². The van der Waals surface area contributed by atoms with Gasteiger partial charge in [-0.25, -0.2) is 0 Å². The minimum absolute atomic E-state index is 0.145. The van der Waals surface area contributed by atoms with Crippen LogP contribution in [0.25, 0.3) is 0 Å². The third-order valence-corrected chi connectivity index (χ3v) is 2.84. The molecule has 0 spiro atoms. The van der Waals surface area contributed by atoms with Crippen LogP contribution in [-0.4, -0.2) is 19.4 Å². The maximum Gasteiger partial charge on any atom is 0.138 e. The summed E-state index contributed by atoms with van der Waals surface area (Å²) in [6, 6.07) is 5.59. The summed E-state index contributed by atoms with van der Waals surface area (Å²) in [6.45, 7) is 0.403. The molecule has 82 valence electrons. The van der Waals surface area contributed by atoms with E-state index in [9.17, 15) is 4.79 Å². The second kappa shape index (κ2) is 5.88. The van der Waals surface area contributed by atoms with Gasteiger partial charge in [0.25, 0.3) is 0 Å². The molecule has 0 aliphatic heterocycles. The Labute approximate surface area is 97.7 Å². The van der Waals surface area contributed by atoms with Crippen LogP contribution in [0.3, 0.4) is 0 Å². The first-order valence-electron chi connectivity index (χ1n) is 4.71. The molecule has 0 aliphatic carbocycles. The molecule has 3 nitrogen and oxygen atoms in total. The minimum atomic E-state index is 0.145. The van der Waals surface area contributed by atoms with Crippen LogP contribution in [0, 0.1) is 0 Å². The summed E-state index contributed by atoms with van der Waals surface area (Å²) in [5, 5.41) is 0. The van der Waals surface area contributed by atoms with Crippen molar-refractivity contribution in [3.8, 4) is 5.75 Å². The van der Waals surface area contributed by atoms with Gasteiger partial charge in [0.05, 0.1) is 7.11 Å². The number of carbonyl (C=O) groups excluding carboxylic acids is 1. The van der Waals surface area contributed by atoms with Crippen molar-refractivity contribution < 1.29 is 9.53 Å². The summed E-state index contributed by atoms with van der Waals surface area (Å²) in [6.07, 6.45) is 0.818. The fourth-order valence-corrected chi connectivity index (χ4v) is 1.66. The van der Waals surface area contributed by atoms with E-state index >= 15 is 0 Å². The first-order valence-corrected chi connectivity index (χ1v) is 5.51. The Balaban J connectivity index is 2.79. The number of nitrogens with two attached hydrogens (primary N) is 1. The highest BCUT2D eigenvalue weighted by Gasteiger charge is 2.07. The molecule has 15 heavy (non-hydrogen) atoms. The lowest BCUT2D eigenvalue weighted by atomic mass is 10.1. The lowest BCUT2D eigenvalue weighted by Crippen LogP contribution is -2.10. The number of Topliss-reactive ketones (excluding diaryl/α,β-unsaturated/α-hetero) is 1. The molecule has 0 saturated carbocycles. The molecule has 0 bridgehead atoms. The number of methoxy groups -OCH3 is 1. The van der Waals surface area contributed by atoms with Crippen molar-refractivity contribution in [2.24, 2.45) is 5.73 Å². The Morgan fingerprint density at radius 1 is 1.53 bits per heavy atom. The monoisotopic (exact) mass is 271 g/mol. The van der Waals surface area contributed by atoms with Crippen molar-refractivity contribution >= 4 is 21.7 Å². The van der Waals surface area contributed by atoms with E-state index in [4.69, 9.17) is 10.5 Å². The number of rotatable bonds is 5. The minimum Gasteiger partial charge on any atom is -0.497 e. The highest BCUT2D eigenvalue weighted by Crippen LogP contribution is 2.23. The summed E-state index contributed by atoms with van der Waals surface area (Å²) in [5.41, 5.74) is 6.26. The predicted octanol–water partition coefficient (Wildman–Crippen LogP) is 1.92. The topological polar surface area (TPSA) is 52.3 Å². The Kier molecular flexibility index (Phi) is 4.78. The number of hydrogen-bond donors (Lipinski definition) is 1. The predicted molar refractivity (Wildman–Crippen MR) is 63.1 cm³/mol. The van der Waals surface area contributed by atoms with Crippen molar-refractivity contribution in [1.82, 2.24) is 0 Å². The van der Waals surface area contributed by atoms with Crippen LogP contribution in [0.2, 0.25) is 0 Å². The number of ether oxygens (including phenoxy) is 1. The van der Waals surface area contributed by atoms with Gasteiger partial charge in [-0.3, -0.25) is 4.79 Å². The Hall–Kier alpha value is -0.870. The van der Waals surface area contributed by atoms with Crippen LogP contribution in [-0.2, 0) is 11.2 Å². The number of carbonyl (C=O) groups is 1. The molecule has 1 aromatic rings. The number of benzene rings is 1. The lowest BCUT2D eigenvalue weighted by Gasteiger charge is -2.06. The number of hydrogen-bond acceptors (Lipinski definition) is 3. The zero-order valence-electron chi connectivity index (χ0n) is 8.63. The Morgan fingerprint density at radius 2 is 2.27 bits per heavy atom. The summed E-state index contributed by atoms with van der Waals surface area (Å²) in [7, 11) is 1.61. The molecule has 4 heteroatoms. The van der Waals surface area contributed by atoms with Crippen molar-refractivity contribution in [2.45, 2.75) is 12.8 Å². The summed E-state index contributed by atoms with van der Waals surface area (Å²) in [4.78, 5) is 11.4. The molecule has 0 saturated heterocycles. The Morgan fingerprint density at radius 3 is 2.87 bits per heavy atom. The largest absolute Gasteiger partial charge is 0.497 e. The molecule has 0 aromatic heterocycles. The fourth-order valence-electron chi connectivity index (χ4n) is 1.28. The third-order valence-electron chi connectivity index (χ3n) is 2.06. The molecule has 0 radical (unpaired) electrons. The van der Waals surface area contributed by atoms with E-state index < -0.39 is 0 Å². The normalized spacial score (nSPS) is 10.1. The first-order chi connectivity index (χ1) is 7.17. The first kappa shape index (κ1) is 12.2. The average molecular weight is 272 g/mol. The van der Waals surface area contributed by atoms with Gasteiger partial charge in [-0.2, -0.15) is 0 Å².